The predicted molar refractivity (Wildman–Crippen MR) is 98.4 cm³/mol. The van der Waals surface area contributed by atoms with E-state index in [1.54, 1.807) is 6.07 Å². The highest BCUT2D eigenvalue weighted by Crippen LogP contribution is 2.26. The molecule has 5 heteroatoms. The van der Waals surface area contributed by atoms with Crippen molar-refractivity contribution in [2.45, 2.75) is 12.8 Å². The number of amides is 1. The zero-order valence-corrected chi connectivity index (χ0v) is 14.3. The second kappa shape index (κ2) is 6.56. The lowest BCUT2D eigenvalue weighted by Gasteiger charge is -2.19. The molecule has 3 rings (SSSR count). The molecule has 114 valence electrons. The molecule has 2 aromatic rings. The van der Waals surface area contributed by atoms with Crippen LogP contribution in [0.15, 0.2) is 42.5 Å². The van der Waals surface area contributed by atoms with E-state index in [0.717, 1.165) is 37.3 Å². The fourth-order valence-electron chi connectivity index (χ4n) is 2.63. The first-order valence-corrected chi connectivity index (χ1v) is 8.43. The number of nitrogen functional groups attached to an aromatic ring is 1. The SMILES string of the molecule is Nc1ccc(Nc2ccc(I)cc2)c(C(=O)N2CCCC2)c1. The number of rotatable bonds is 3. The molecule has 0 bridgehead atoms. The molecule has 0 unspecified atom stereocenters. The van der Waals surface area contributed by atoms with Crippen LogP contribution in [-0.4, -0.2) is 23.9 Å². The van der Waals surface area contributed by atoms with Crippen molar-refractivity contribution in [1.82, 2.24) is 4.90 Å². The van der Waals surface area contributed by atoms with E-state index < -0.39 is 0 Å². The Kier molecular flexibility index (Phi) is 4.52. The van der Waals surface area contributed by atoms with Gasteiger partial charge in [-0.15, -0.1) is 0 Å². The number of halogens is 1. The van der Waals surface area contributed by atoms with Crippen LogP contribution in [0.4, 0.5) is 17.1 Å². The van der Waals surface area contributed by atoms with Crippen LogP contribution in [0.2, 0.25) is 0 Å². The lowest BCUT2D eigenvalue weighted by atomic mass is 10.1. The second-order valence-electron chi connectivity index (χ2n) is 5.44. The van der Waals surface area contributed by atoms with Gasteiger partial charge in [-0.05, 0) is 77.9 Å². The van der Waals surface area contributed by atoms with Crippen molar-refractivity contribution in [3.63, 3.8) is 0 Å². The van der Waals surface area contributed by atoms with Crippen LogP contribution in [0, 0.1) is 3.57 Å². The summed E-state index contributed by atoms with van der Waals surface area (Å²) in [5.74, 6) is 0.0535. The molecule has 1 heterocycles. The molecular formula is C17H18IN3O. The third-order valence-corrected chi connectivity index (χ3v) is 4.51. The fourth-order valence-corrected chi connectivity index (χ4v) is 2.99. The molecule has 0 aliphatic carbocycles. The number of carbonyl (C=O) groups is 1. The highest BCUT2D eigenvalue weighted by molar-refractivity contribution is 14.1. The first-order chi connectivity index (χ1) is 10.6. The van der Waals surface area contributed by atoms with Crippen LogP contribution in [0.25, 0.3) is 0 Å². The Labute approximate surface area is 143 Å². The molecule has 3 N–H and O–H groups in total. The summed E-state index contributed by atoms with van der Waals surface area (Å²) in [6.07, 6.45) is 2.15. The van der Waals surface area contributed by atoms with E-state index in [1.807, 2.05) is 41.3 Å². The van der Waals surface area contributed by atoms with Gasteiger partial charge in [0.15, 0.2) is 0 Å². The zero-order valence-electron chi connectivity index (χ0n) is 12.2. The summed E-state index contributed by atoms with van der Waals surface area (Å²) in [7, 11) is 0. The van der Waals surface area contributed by atoms with Gasteiger partial charge in [-0.3, -0.25) is 4.79 Å². The molecule has 0 aromatic heterocycles. The summed E-state index contributed by atoms with van der Waals surface area (Å²) in [5, 5.41) is 3.32. The molecule has 2 aromatic carbocycles. The number of hydrogen-bond donors (Lipinski definition) is 2. The maximum absolute atomic E-state index is 12.7. The molecule has 1 aliphatic heterocycles. The third-order valence-electron chi connectivity index (χ3n) is 3.79. The van der Waals surface area contributed by atoms with Crippen molar-refractivity contribution >= 4 is 45.6 Å². The summed E-state index contributed by atoms with van der Waals surface area (Å²) >= 11 is 2.27. The standard InChI is InChI=1S/C17H18IN3O/c18-12-3-6-14(7-4-12)20-16-8-5-13(19)11-15(16)17(22)21-9-1-2-10-21/h3-8,11,20H,1-2,9-10,19H2. The molecule has 1 aliphatic rings. The molecule has 0 saturated carbocycles. The van der Waals surface area contributed by atoms with Crippen molar-refractivity contribution in [3.8, 4) is 0 Å². The van der Waals surface area contributed by atoms with Crippen LogP contribution in [-0.2, 0) is 0 Å². The number of nitrogens with two attached hydrogens (primary N) is 1. The van der Waals surface area contributed by atoms with E-state index in [1.165, 1.54) is 3.57 Å². The highest BCUT2D eigenvalue weighted by Gasteiger charge is 2.22. The van der Waals surface area contributed by atoms with Gasteiger partial charge < -0.3 is 16.0 Å². The molecule has 0 spiro atoms. The average molecular weight is 407 g/mol. The van der Waals surface area contributed by atoms with Crippen molar-refractivity contribution in [3.05, 3.63) is 51.6 Å². The topological polar surface area (TPSA) is 58.4 Å². The van der Waals surface area contributed by atoms with Crippen molar-refractivity contribution < 1.29 is 4.79 Å². The van der Waals surface area contributed by atoms with E-state index >= 15 is 0 Å². The first-order valence-electron chi connectivity index (χ1n) is 7.35. The highest BCUT2D eigenvalue weighted by atomic mass is 127. The third kappa shape index (κ3) is 3.35. The van der Waals surface area contributed by atoms with Crippen LogP contribution in [0.5, 0.6) is 0 Å². The van der Waals surface area contributed by atoms with Crippen LogP contribution in [0.3, 0.4) is 0 Å². The molecule has 4 nitrogen and oxygen atoms in total. The van der Waals surface area contributed by atoms with Gasteiger partial charge in [-0.2, -0.15) is 0 Å². The van der Waals surface area contributed by atoms with Gasteiger partial charge >= 0.3 is 0 Å². The normalized spacial score (nSPS) is 14.1. The van der Waals surface area contributed by atoms with E-state index in [9.17, 15) is 4.79 Å². The van der Waals surface area contributed by atoms with Crippen molar-refractivity contribution in [1.29, 1.82) is 0 Å². The Morgan fingerprint density at radius 1 is 1.09 bits per heavy atom. The van der Waals surface area contributed by atoms with Gasteiger partial charge in [-0.25, -0.2) is 0 Å². The summed E-state index contributed by atoms with van der Waals surface area (Å²) < 4.78 is 1.17. The Morgan fingerprint density at radius 2 is 1.77 bits per heavy atom. The Bertz CT molecular complexity index is 679. The minimum Gasteiger partial charge on any atom is -0.399 e. The minimum atomic E-state index is 0.0535. The monoisotopic (exact) mass is 407 g/mol. The van der Waals surface area contributed by atoms with Gasteiger partial charge in [-0.1, -0.05) is 0 Å². The fraction of sp³-hybridized carbons (Fsp3) is 0.235. The van der Waals surface area contributed by atoms with E-state index in [-0.39, 0.29) is 5.91 Å². The van der Waals surface area contributed by atoms with Gasteiger partial charge in [0.05, 0.1) is 11.3 Å². The minimum absolute atomic E-state index is 0.0535. The molecule has 0 atom stereocenters. The second-order valence-corrected chi connectivity index (χ2v) is 6.68. The maximum Gasteiger partial charge on any atom is 0.256 e. The molecule has 0 radical (unpaired) electrons. The van der Waals surface area contributed by atoms with E-state index in [2.05, 4.69) is 27.9 Å². The molecular weight excluding hydrogens is 389 g/mol. The number of likely N-dealkylation sites (tertiary alicyclic amines) is 1. The number of anilines is 3. The van der Waals surface area contributed by atoms with Gasteiger partial charge in [0.25, 0.3) is 5.91 Å². The van der Waals surface area contributed by atoms with E-state index in [0.29, 0.717) is 11.3 Å². The number of nitrogens with zero attached hydrogens (tertiary/aromatic N) is 1. The Balaban J connectivity index is 1.90. The average Bonchev–Trinajstić information content (AvgIpc) is 3.05. The van der Waals surface area contributed by atoms with Crippen LogP contribution >= 0.6 is 22.6 Å². The number of benzene rings is 2. The van der Waals surface area contributed by atoms with Gasteiger partial charge in [0, 0.05) is 28.0 Å². The molecule has 1 saturated heterocycles. The Hall–Kier alpha value is -1.76. The maximum atomic E-state index is 12.7. The number of nitrogens with one attached hydrogen (secondary N) is 1. The summed E-state index contributed by atoms with van der Waals surface area (Å²) in [5.41, 5.74) is 8.88. The van der Waals surface area contributed by atoms with Crippen molar-refractivity contribution in [2.75, 3.05) is 24.1 Å². The van der Waals surface area contributed by atoms with E-state index in [4.69, 9.17) is 5.73 Å². The first kappa shape index (κ1) is 15.1. The lowest BCUT2D eigenvalue weighted by Crippen LogP contribution is -2.28. The molecule has 22 heavy (non-hydrogen) atoms. The largest absolute Gasteiger partial charge is 0.399 e. The number of carbonyl (C=O) groups excluding carboxylic acids is 1. The lowest BCUT2D eigenvalue weighted by molar-refractivity contribution is 0.0794. The smallest absolute Gasteiger partial charge is 0.256 e. The summed E-state index contributed by atoms with van der Waals surface area (Å²) in [6, 6.07) is 13.5. The summed E-state index contributed by atoms with van der Waals surface area (Å²) in [6.45, 7) is 1.66. The molecule has 1 amide bonds. The number of hydrogen-bond acceptors (Lipinski definition) is 3. The Morgan fingerprint density at radius 3 is 2.45 bits per heavy atom. The van der Waals surface area contributed by atoms with Gasteiger partial charge in [0.2, 0.25) is 0 Å². The predicted octanol–water partition coefficient (Wildman–Crippen LogP) is 3.85. The van der Waals surface area contributed by atoms with Crippen LogP contribution < -0.4 is 11.1 Å². The summed E-state index contributed by atoms with van der Waals surface area (Å²) in [4.78, 5) is 14.6. The van der Waals surface area contributed by atoms with Crippen LogP contribution in [0.1, 0.15) is 23.2 Å². The molecule has 1 fully saturated rings. The van der Waals surface area contributed by atoms with Gasteiger partial charge in [0.1, 0.15) is 0 Å². The zero-order chi connectivity index (χ0) is 15.5. The quantitative estimate of drug-likeness (QED) is 0.600. The van der Waals surface area contributed by atoms with Crippen molar-refractivity contribution in [2.24, 2.45) is 0 Å².